The average molecular weight is 490 g/mol. The molecule has 1 fully saturated rings. The normalized spacial score (nSPS) is 14.6. The molecular formula is C24H24BrN7. The van der Waals surface area contributed by atoms with Gasteiger partial charge in [0.15, 0.2) is 0 Å². The Morgan fingerprint density at radius 3 is 2.50 bits per heavy atom. The van der Waals surface area contributed by atoms with Crippen molar-refractivity contribution in [2.24, 2.45) is 0 Å². The van der Waals surface area contributed by atoms with Crippen molar-refractivity contribution < 1.29 is 0 Å². The molecular weight excluding hydrogens is 466 g/mol. The van der Waals surface area contributed by atoms with Crippen LogP contribution in [0.5, 0.6) is 0 Å². The van der Waals surface area contributed by atoms with Crippen LogP contribution in [0.25, 0.3) is 22.0 Å². The van der Waals surface area contributed by atoms with E-state index in [1.54, 1.807) is 0 Å². The van der Waals surface area contributed by atoms with Gasteiger partial charge < -0.3 is 20.9 Å². The minimum atomic E-state index is 0.237. The molecule has 2 aromatic heterocycles. The van der Waals surface area contributed by atoms with Crippen LogP contribution in [0.15, 0.2) is 65.3 Å². The summed E-state index contributed by atoms with van der Waals surface area (Å²) in [6, 6.07) is 18.3. The molecule has 0 spiro atoms. The molecule has 2 aromatic carbocycles. The summed E-state index contributed by atoms with van der Waals surface area (Å²) in [6.07, 6.45) is 1.94. The summed E-state index contributed by atoms with van der Waals surface area (Å²) in [4.78, 5) is 18.3. The summed E-state index contributed by atoms with van der Waals surface area (Å²) < 4.78 is 0.987. The molecule has 0 bridgehead atoms. The van der Waals surface area contributed by atoms with Gasteiger partial charge in [-0.3, -0.25) is 0 Å². The lowest BCUT2D eigenvalue weighted by atomic mass is 10.0. The predicted molar refractivity (Wildman–Crippen MR) is 134 cm³/mol. The average Bonchev–Trinajstić information content (AvgIpc) is 2.79. The van der Waals surface area contributed by atoms with Gasteiger partial charge in [-0.2, -0.15) is 4.98 Å². The van der Waals surface area contributed by atoms with Gasteiger partial charge in [0.1, 0.15) is 11.6 Å². The summed E-state index contributed by atoms with van der Waals surface area (Å²) >= 11 is 3.51. The van der Waals surface area contributed by atoms with Crippen LogP contribution in [0.4, 0.5) is 23.3 Å². The molecule has 3 N–H and O–H groups in total. The van der Waals surface area contributed by atoms with E-state index in [9.17, 15) is 0 Å². The zero-order valence-electron chi connectivity index (χ0n) is 17.8. The van der Waals surface area contributed by atoms with Gasteiger partial charge in [-0.15, -0.1) is 0 Å². The SMILES string of the molecule is CN1CCN(c2ccc(-c3ccc4nc(N)nc(Nc5cccc(Br)c5)c4c3)cn2)CC1. The lowest BCUT2D eigenvalue weighted by molar-refractivity contribution is 0.312. The number of nitrogens with two attached hydrogens (primary N) is 1. The number of nitrogen functional groups attached to an aromatic ring is 1. The number of nitrogens with one attached hydrogen (secondary N) is 1. The number of likely N-dealkylation sites (N-methyl/N-ethyl adjacent to an activating group) is 1. The van der Waals surface area contributed by atoms with Gasteiger partial charge >= 0.3 is 0 Å². The Morgan fingerprint density at radius 2 is 1.75 bits per heavy atom. The van der Waals surface area contributed by atoms with E-state index < -0.39 is 0 Å². The van der Waals surface area contributed by atoms with Crippen molar-refractivity contribution in [3.8, 4) is 11.1 Å². The first kappa shape index (κ1) is 20.7. The fraction of sp³-hybridized carbons (Fsp3) is 0.208. The number of piperazine rings is 1. The number of nitrogens with zero attached hydrogens (tertiary/aromatic N) is 5. The van der Waals surface area contributed by atoms with Gasteiger partial charge in [-0.1, -0.05) is 28.1 Å². The molecule has 0 saturated carbocycles. The predicted octanol–water partition coefficient (Wildman–Crippen LogP) is 4.53. The first-order valence-electron chi connectivity index (χ1n) is 10.5. The zero-order chi connectivity index (χ0) is 22.1. The van der Waals surface area contributed by atoms with Crippen LogP contribution in [0.2, 0.25) is 0 Å². The smallest absolute Gasteiger partial charge is 0.222 e. The van der Waals surface area contributed by atoms with Crippen LogP contribution >= 0.6 is 15.9 Å². The van der Waals surface area contributed by atoms with Crippen molar-refractivity contribution >= 4 is 50.1 Å². The standard InChI is InChI=1S/C24H24BrN7/c1-31-9-11-32(12-10-31)22-8-6-17(15-27-22)16-5-7-21-20(13-16)23(30-24(26)29-21)28-19-4-2-3-18(25)14-19/h2-8,13-15H,9-12H2,1H3,(H3,26,28,29,30). The maximum atomic E-state index is 5.96. The Hall–Kier alpha value is -3.23. The molecule has 1 saturated heterocycles. The van der Waals surface area contributed by atoms with E-state index in [0.717, 1.165) is 64.2 Å². The highest BCUT2D eigenvalue weighted by atomic mass is 79.9. The molecule has 0 amide bonds. The first-order valence-corrected chi connectivity index (χ1v) is 11.3. The number of benzene rings is 2. The van der Waals surface area contributed by atoms with E-state index >= 15 is 0 Å². The Bertz CT molecular complexity index is 1250. The second kappa shape index (κ2) is 8.72. The number of fused-ring (bicyclic) bond motifs is 1. The van der Waals surface area contributed by atoms with Crippen LogP contribution in [0.1, 0.15) is 0 Å². The van der Waals surface area contributed by atoms with E-state index in [4.69, 9.17) is 10.7 Å². The van der Waals surface area contributed by atoms with Gasteiger partial charge in [0.2, 0.25) is 5.95 Å². The molecule has 32 heavy (non-hydrogen) atoms. The van der Waals surface area contributed by atoms with Gasteiger partial charge in [-0.25, -0.2) is 9.97 Å². The summed E-state index contributed by atoms with van der Waals surface area (Å²) in [5.41, 5.74) is 9.78. The Kier molecular flexibility index (Phi) is 5.63. The lowest BCUT2D eigenvalue weighted by Gasteiger charge is -2.33. The number of aromatic nitrogens is 3. The third kappa shape index (κ3) is 4.37. The highest BCUT2D eigenvalue weighted by Crippen LogP contribution is 2.30. The highest BCUT2D eigenvalue weighted by Gasteiger charge is 2.15. The summed E-state index contributed by atoms with van der Waals surface area (Å²) in [5.74, 6) is 1.94. The minimum Gasteiger partial charge on any atom is -0.368 e. The van der Waals surface area contributed by atoms with Crippen LogP contribution < -0.4 is 16.0 Å². The number of anilines is 4. The van der Waals surface area contributed by atoms with Crippen molar-refractivity contribution in [1.82, 2.24) is 19.9 Å². The zero-order valence-corrected chi connectivity index (χ0v) is 19.4. The topological polar surface area (TPSA) is 83.2 Å². The molecule has 3 heterocycles. The molecule has 0 aliphatic carbocycles. The van der Waals surface area contributed by atoms with Crippen LogP contribution in [-0.4, -0.2) is 53.1 Å². The lowest BCUT2D eigenvalue weighted by Crippen LogP contribution is -2.44. The second-order valence-corrected chi connectivity index (χ2v) is 8.91. The molecule has 0 radical (unpaired) electrons. The van der Waals surface area contributed by atoms with E-state index in [2.05, 4.69) is 66.3 Å². The summed E-state index contributed by atoms with van der Waals surface area (Å²) in [6.45, 7) is 4.13. The molecule has 0 atom stereocenters. The molecule has 8 heteroatoms. The molecule has 5 rings (SSSR count). The molecule has 1 aliphatic rings. The Labute approximate surface area is 195 Å². The van der Waals surface area contributed by atoms with Crippen LogP contribution in [0, 0.1) is 0 Å². The fourth-order valence-corrected chi connectivity index (χ4v) is 4.30. The maximum Gasteiger partial charge on any atom is 0.222 e. The molecule has 7 nitrogen and oxygen atoms in total. The number of hydrogen-bond donors (Lipinski definition) is 2. The quantitative estimate of drug-likeness (QED) is 0.435. The summed E-state index contributed by atoms with van der Waals surface area (Å²) in [7, 11) is 2.16. The third-order valence-electron chi connectivity index (χ3n) is 5.71. The number of halogens is 1. The molecule has 4 aromatic rings. The van der Waals surface area contributed by atoms with E-state index in [1.807, 2.05) is 42.6 Å². The van der Waals surface area contributed by atoms with Crippen molar-refractivity contribution in [1.29, 1.82) is 0 Å². The maximum absolute atomic E-state index is 5.96. The van der Waals surface area contributed by atoms with Crippen molar-refractivity contribution in [3.05, 3.63) is 65.3 Å². The van der Waals surface area contributed by atoms with Gasteiger partial charge in [0.05, 0.1) is 5.52 Å². The summed E-state index contributed by atoms with van der Waals surface area (Å²) in [5, 5.41) is 4.28. The molecule has 1 aliphatic heterocycles. The van der Waals surface area contributed by atoms with Crippen molar-refractivity contribution in [2.75, 3.05) is 49.2 Å². The Morgan fingerprint density at radius 1 is 0.938 bits per heavy atom. The van der Waals surface area contributed by atoms with Crippen LogP contribution in [-0.2, 0) is 0 Å². The van der Waals surface area contributed by atoms with E-state index in [-0.39, 0.29) is 5.95 Å². The van der Waals surface area contributed by atoms with Gasteiger partial charge in [0.25, 0.3) is 0 Å². The largest absolute Gasteiger partial charge is 0.368 e. The van der Waals surface area contributed by atoms with E-state index in [1.165, 1.54) is 0 Å². The van der Waals surface area contributed by atoms with Crippen molar-refractivity contribution in [2.45, 2.75) is 0 Å². The van der Waals surface area contributed by atoms with Gasteiger partial charge in [-0.05, 0) is 55.1 Å². The van der Waals surface area contributed by atoms with Crippen LogP contribution in [0.3, 0.4) is 0 Å². The molecule has 0 unspecified atom stereocenters. The first-order chi connectivity index (χ1) is 15.5. The number of rotatable bonds is 4. The minimum absolute atomic E-state index is 0.237. The van der Waals surface area contributed by atoms with Gasteiger partial charge in [0, 0.05) is 53.5 Å². The number of hydrogen-bond acceptors (Lipinski definition) is 7. The van der Waals surface area contributed by atoms with E-state index in [0.29, 0.717) is 5.82 Å². The van der Waals surface area contributed by atoms with Crippen molar-refractivity contribution in [3.63, 3.8) is 0 Å². The highest BCUT2D eigenvalue weighted by molar-refractivity contribution is 9.10. The fourth-order valence-electron chi connectivity index (χ4n) is 3.90. The molecule has 162 valence electrons. The second-order valence-electron chi connectivity index (χ2n) is 7.99. The third-order valence-corrected chi connectivity index (χ3v) is 6.20. The monoisotopic (exact) mass is 489 g/mol. The number of pyridine rings is 1. The Balaban J connectivity index is 1.46.